The number of ether oxygens (including phenoxy) is 1. The molecule has 0 unspecified atom stereocenters. The van der Waals surface area contributed by atoms with Gasteiger partial charge in [-0.25, -0.2) is 4.79 Å². The van der Waals surface area contributed by atoms with Crippen LogP contribution < -0.4 is 16.6 Å². The number of hydrogen-bond acceptors (Lipinski definition) is 7. The van der Waals surface area contributed by atoms with Crippen molar-refractivity contribution in [2.45, 2.75) is 82.5 Å². The molecule has 0 aromatic carbocycles. The monoisotopic (exact) mass is 397 g/mol. The van der Waals surface area contributed by atoms with Gasteiger partial charge in [0.2, 0.25) is 0 Å². The summed E-state index contributed by atoms with van der Waals surface area (Å²) in [6, 6.07) is -0.137. The largest absolute Gasteiger partial charge is 0.394 e. The van der Waals surface area contributed by atoms with E-state index >= 15 is 0 Å². The normalized spacial score (nSPS) is 30.5. The number of nitrogens with zero attached hydrogens (tertiary/aromatic N) is 2. The van der Waals surface area contributed by atoms with E-state index < -0.39 is 40.8 Å². The highest BCUT2D eigenvalue weighted by Gasteiger charge is 2.46. The van der Waals surface area contributed by atoms with Gasteiger partial charge in [-0.2, -0.15) is 0 Å². The van der Waals surface area contributed by atoms with E-state index in [1.54, 1.807) is 0 Å². The average Bonchev–Trinajstić information content (AvgIpc) is 2.95. The molecule has 1 aromatic heterocycles. The highest BCUT2D eigenvalue weighted by atomic mass is 16.5. The first-order valence-electron chi connectivity index (χ1n) is 9.48. The molecule has 0 spiro atoms. The van der Waals surface area contributed by atoms with E-state index in [0.29, 0.717) is 12.8 Å². The van der Waals surface area contributed by atoms with E-state index in [1.807, 2.05) is 27.7 Å². The van der Waals surface area contributed by atoms with Crippen LogP contribution in [0.3, 0.4) is 0 Å². The van der Waals surface area contributed by atoms with Crippen LogP contribution in [-0.4, -0.2) is 60.8 Å². The highest BCUT2D eigenvalue weighted by Crippen LogP contribution is 2.38. The Morgan fingerprint density at radius 2 is 1.86 bits per heavy atom. The van der Waals surface area contributed by atoms with Gasteiger partial charge in [0.05, 0.1) is 12.7 Å². The number of aliphatic hydroxyl groups excluding tert-OH is 2. The maximum absolute atomic E-state index is 12.5. The van der Waals surface area contributed by atoms with Gasteiger partial charge in [-0.3, -0.25) is 14.3 Å². The summed E-state index contributed by atoms with van der Waals surface area (Å²) in [6.45, 7) is 7.10. The van der Waals surface area contributed by atoms with E-state index in [1.165, 1.54) is 10.8 Å². The minimum atomic E-state index is -0.895. The Hall–Kier alpha value is -1.72. The van der Waals surface area contributed by atoms with Crippen molar-refractivity contribution in [2.75, 3.05) is 11.9 Å². The number of nitrogens with one attached hydrogen (secondary N) is 2. The third-order valence-corrected chi connectivity index (χ3v) is 5.61. The Morgan fingerprint density at radius 3 is 2.39 bits per heavy atom. The van der Waals surface area contributed by atoms with Crippen LogP contribution in [0.1, 0.15) is 53.2 Å². The van der Waals surface area contributed by atoms with Crippen molar-refractivity contribution in [1.29, 1.82) is 0 Å². The topological polar surface area (TPSA) is 140 Å². The summed E-state index contributed by atoms with van der Waals surface area (Å²) in [5, 5.41) is 35.9. The molecule has 28 heavy (non-hydrogen) atoms. The zero-order valence-electron chi connectivity index (χ0n) is 16.6. The summed E-state index contributed by atoms with van der Waals surface area (Å²) in [5.41, 5.74) is -2.22. The van der Waals surface area contributed by atoms with Crippen LogP contribution in [0.25, 0.3) is 0 Å². The number of hydrogen-bond donors (Lipinski definition) is 4. The molecule has 2 aliphatic rings. The fourth-order valence-electron chi connectivity index (χ4n) is 4.44. The summed E-state index contributed by atoms with van der Waals surface area (Å²) >= 11 is 0. The Kier molecular flexibility index (Phi) is 5.45. The number of rotatable bonds is 4. The number of aromatic nitrogens is 2. The molecule has 1 radical (unpaired) electrons. The average molecular weight is 397 g/mol. The fourth-order valence-corrected chi connectivity index (χ4v) is 4.44. The van der Waals surface area contributed by atoms with Crippen LogP contribution in [-0.2, 0) is 9.94 Å². The lowest BCUT2D eigenvalue weighted by Gasteiger charge is -2.50. The zero-order chi connectivity index (χ0) is 20.9. The van der Waals surface area contributed by atoms with Crippen LogP contribution in [0.4, 0.5) is 5.69 Å². The molecule has 0 aliphatic carbocycles. The van der Waals surface area contributed by atoms with Gasteiger partial charge in [-0.15, -0.1) is 10.3 Å². The first kappa shape index (κ1) is 21.0. The van der Waals surface area contributed by atoms with Crippen molar-refractivity contribution in [3.63, 3.8) is 0 Å². The third-order valence-electron chi connectivity index (χ3n) is 5.61. The molecule has 10 heteroatoms. The molecule has 3 rings (SSSR count). The Morgan fingerprint density at radius 1 is 1.25 bits per heavy atom. The van der Waals surface area contributed by atoms with Crippen molar-refractivity contribution in [3.05, 3.63) is 27.0 Å². The summed E-state index contributed by atoms with van der Waals surface area (Å²) < 4.78 is 6.73. The van der Waals surface area contributed by atoms with Crippen molar-refractivity contribution in [3.8, 4) is 0 Å². The molecule has 10 nitrogen and oxygen atoms in total. The van der Waals surface area contributed by atoms with Gasteiger partial charge in [0.25, 0.3) is 5.56 Å². The van der Waals surface area contributed by atoms with E-state index in [4.69, 9.17) is 4.74 Å². The summed E-state index contributed by atoms with van der Waals surface area (Å²) in [7, 11) is 0. The molecule has 2 fully saturated rings. The maximum atomic E-state index is 12.5. The van der Waals surface area contributed by atoms with E-state index in [-0.39, 0.29) is 24.8 Å². The van der Waals surface area contributed by atoms with Gasteiger partial charge >= 0.3 is 5.69 Å². The second-order valence-electron chi connectivity index (χ2n) is 8.99. The molecular formula is C18H29N4O6. The lowest BCUT2D eigenvalue weighted by Crippen LogP contribution is -2.60. The van der Waals surface area contributed by atoms with Crippen LogP contribution in [0.15, 0.2) is 15.8 Å². The smallest absolute Gasteiger partial charge is 0.330 e. The van der Waals surface area contributed by atoms with Gasteiger partial charge in [-0.1, -0.05) is 0 Å². The molecule has 1 aromatic rings. The fraction of sp³-hybridized carbons (Fsp3) is 0.778. The van der Waals surface area contributed by atoms with Crippen LogP contribution >= 0.6 is 0 Å². The van der Waals surface area contributed by atoms with Gasteiger partial charge in [0.1, 0.15) is 18.0 Å². The molecule has 157 valence electrons. The summed E-state index contributed by atoms with van der Waals surface area (Å²) in [5.74, 6) is 0. The van der Waals surface area contributed by atoms with E-state index in [9.17, 15) is 25.0 Å². The molecule has 3 atom stereocenters. The Bertz CT molecular complexity index is 814. The SMILES string of the molecule is CC1(C)CC(Nc2cn([C@H]3C[C@H](O)[C@@H](CO)O3)c(=O)[nH]c2=O)CC(C)(C)N1[O]. The maximum Gasteiger partial charge on any atom is 0.330 e. The van der Waals surface area contributed by atoms with E-state index in [0.717, 1.165) is 5.06 Å². The third kappa shape index (κ3) is 3.87. The van der Waals surface area contributed by atoms with Crippen molar-refractivity contribution in [2.24, 2.45) is 0 Å². The second kappa shape index (κ2) is 7.27. The Labute approximate surface area is 162 Å². The van der Waals surface area contributed by atoms with Gasteiger partial charge in [-0.05, 0) is 40.5 Å². The number of aromatic amines is 1. The summed E-state index contributed by atoms with van der Waals surface area (Å²) in [6.07, 6.45) is 0.116. The zero-order valence-corrected chi connectivity index (χ0v) is 16.6. The number of piperidine rings is 1. The van der Waals surface area contributed by atoms with Gasteiger partial charge in [0, 0.05) is 29.7 Å². The van der Waals surface area contributed by atoms with Gasteiger partial charge in [0.15, 0.2) is 0 Å². The first-order valence-corrected chi connectivity index (χ1v) is 9.48. The first-order chi connectivity index (χ1) is 12.9. The van der Waals surface area contributed by atoms with Crippen LogP contribution in [0.2, 0.25) is 0 Å². The highest BCUT2D eigenvalue weighted by molar-refractivity contribution is 5.39. The van der Waals surface area contributed by atoms with Crippen molar-refractivity contribution < 1.29 is 20.2 Å². The molecule has 0 amide bonds. The molecule has 2 aliphatic heterocycles. The minimum Gasteiger partial charge on any atom is -0.394 e. The number of hydroxylamine groups is 2. The lowest BCUT2D eigenvalue weighted by atomic mass is 9.79. The molecule has 4 N–H and O–H groups in total. The Balaban J connectivity index is 1.86. The predicted octanol–water partition coefficient (Wildman–Crippen LogP) is -0.0437. The van der Waals surface area contributed by atoms with Crippen LogP contribution in [0, 0.1) is 0 Å². The predicted molar refractivity (Wildman–Crippen MR) is 100 cm³/mol. The van der Waals surface area contributed by atoms with Crippen LogP contribution in [0.5, 0.6) is 0 Å². The number of aliphatic hydroxyl groups is 2. The second-order valence-corrected chi connectivity index (χ2v) is 8.99. The van der Waals surface area contributed by atoms with Gasteiger partial charge < -0.3 is 20.3 Å². The minimum absolute atomic E-state index is 0.130. The van der Waals surface area contributed by atoms with E-state index in [2.05, 4.69) is 10.3 Å². The molecule has 2 saturated heterocycles. The number of anilines is 1. The standard InChI is InChI=1S/C18H29N4O6/c1-17(2)6-10(7-18(3,4)22(17)27)19-11-8-21(16(26)20-15(11)25)14-5-12(24)13(9-23)28-14/h8,10,12-14,19,23-24H,5-7,9H2,1-4H3,(H,20,25,26)/t12-,13+,14+/m0/s1. The molecule has 0 saturated carbocycles. The molecule has 0 bridgehead atoms. The molecular weight excluding hydrogens is 368 g/mol. The molecule has 3 heterocycles. The lowest BCUT2D eigenvalue weighted by molar-refractivity contribution is -0.288. The quantitative estimate of drug-likeness (QED) is 0.559. The summed E-state index contributed by atoms with van der Waals surface area (Å²) in [4.78, 5) is 26.8. The number of H-pyrrole nitrogens is 1. The van der Waals surface area contributed by atoms with Crippen molar-refractivity contribution >= 4 is 5.69 Å². The van der Waals surface area contributed by atoms with Crippen molar-refractivity contribution in [1.82, 2.24) is 14.6 Å².